The van der Waals surface area contributed by atoms with Crippen molar-refractivity contribution in [3.63, 3.8) is 0 Å². The van der Waals surface area contributed by atoms with E-state index >= 15 is 0 Å². The lowest BCUT2D eigenvalue weighted by molar-refractivity contribution is 0.0646. The van der Waals surface area contributed by atoms with Crippen LogP contribution < -0.4 is 0 Å². The Balaban J connectivity index is 2.19. The topological polar surface area (TPSA) is 0 Å². The Morgan fingerprint density at radius 2 is 1.67 bits per heavy atom. The zero-order valence-electron chi connectivity index (χ0n) is 3.58. The van der Waals surface area contributed by atoms with Gasteiger partial charge in [-0.3, -0.25) is 0 Å². The van der Waals surface area contributed by atoms with Gasteiger partial charge in [0, 0.05) is 4.32 Å². The molecule has 0 heterocycles. The maximum Gasteiger partial charge on any atom is 0.0266 e. The molecule has 3 aliphatic carbocycles. The Labute approximate surface area is 46.1 Å². The van der Waals surface area contributed by atoms with E-state index in [9.17, 15) is 0 Å². The molecule has 0 atom stereocenters. The van der Waals surface area contributed by atoms with Crippen LogP contribution in [0, 0.1) is 5.92 Å². The zero-order valence-corrected chi connectivity index (χ0v) is 5.16. The lowest BCUT2D eigenvalue weighted by atomic mass is 9.56. The molecule has 1 heteroatoms. The van der Waals surface area contributed by atoms with Crippen LogP contribution in [0.1, 0.15) is 19.3 Å². The van der Waals surface area contributed by atoms with Gasteiger partial charge >= 0.3 is 0 Å². The molecule has 0 radical (unpaired) electrons. The van der Waals surface area contributed by atoms with Crippen LogP contribution in [0.3, 0.4) is 0 Å². The minimum atomic E-state index is 0.678. The summed E-state index contributed by atoms with van der Waals surface area (Å²) < 4.78 is 0.678. The molecular weight excluding hydrogens is 140 g/mol. The Morgan fingerprint density at radius 1 is 1.33 bits per heavy atom. The van der Waals surface area contributed by atoms with Gasteiger partial charge in [-0.15, -0.1) is 0 Å². The minimum absolute atomic E-state index is 0.678. The van der Waals surface area contributed by atoms with E-state index in [4.69, 9.17) is 0 Å². The monoisotopic (exact) mass is 146 g/mol. The van der Waals surface area contributed by atoms with Crippen molar-refractivity contribution in [1.29, 1.82) is 0 Å². The highest BCUT2D eigenvalue weighted by Crippen LogP contribution is 2.62. The number of hydrogen-bond acceptors (Lipinski definition) is 0. The van der Waals surface area contributed by atoms with Gasteiger partial charge in [0.25, 0.3) is 0 Å². The highest BCUT2D eigenvalue weighted by molar-refractivity contribution is 9.10. The van der Waals surface area contributed by atoms with Crippen LogP contribution in [-0.2, 0) is 0 Å². The Kier molecular flexibility index (Phi) is 0.409. The van der Waals surface area contributed by atoms with Crippen LogP contribution >= 0.6 is 15.9 Å². The highest BCUT2D eigenvalue weighted by Gasteiger charge is 2.54. The third kappa shape index (κ3) is 0.226. The maximum atomic E-state index is 3.63. The minimum Gasteiger partial charge on any atom is -0.0853 e. The summed E-state index contributed by atoms with van der Waals surface area (Å²) in [4.78, 5) is 0. The third-order valence-corrected chi connectivity index (χ3v) is 2.93. The SMILES string of the molecule is BrC12CC(C1)C2. The van der Waals surface area contributed by atoms with Crippen LogP contribution in [0.2, 0.25) is 0 Å². The number of halogens is 1. The van der Waals surface area contributed by atoms with E-state index in [0.29, 0.717) is 4.32 Å². The Hall–Kier alpha value is 0.480. The van der Waals surface area contributed by atoms with E-state index in [-0.39, 0.29) is 0 Å². The first-order chi connectivity index (χ1) is 2.79. The quantitative estimate of drug-likeness (QED) is 0.459. The van der Waals surface area contributed by atoms with Crippen molar-refractivity contribution in [2.75, 3.05) is 0 Å². The van der Waals surface area contributed by atoms with E-state index in [1.807, 2.05) is 0 Å². The number of rotatable bonds is 0. The fourth-order valence-electron chi connectivity index (χ4n) is 1.37. The summed E-state index contributed by atoms with van der Waals surface area (Å²) in [6.45, 7) is 0. The summed E-state index contributed by atoms with van der Waals surface area (Å²) in [6, 6.07) is 0. The summed E-state index contributed by atoms with van der Waals surface area (Å²) in [7, 11) is 0. The normalized spacial score (nSPS) is 62.5. The van der Waals surface area contributed by atoms with Crippen molar-refractivity contribution in [1.82, 2.24) is 0 Å². The fourth-order valence-corrected chi connectivity index (χ4v) is 2.75. The lowest BCUT2D eigenvalue weighted by Crippen LogP contribution is -2.52. The molecule has 6 heavy (non-hydrogen) atoms. The van der Waals surface area contributed by atoms with Crippen molar-refractivity contribution >= 4 is 15.9 Å². The molecule has 0 spiro atoms. The molecule has 3 aliphatic rings. The molecule has 0 aromatic carbocycles. The summed E-state index contributed by atoms with van der Waals surface area (Å²) in [5.41, 5.74) is 0. The van der Waals surface area contributed by atoms with E-state index in [0.717, 1.165) is 5.92 Å². The molecule has 0 nitrogen and oxygen atoms in total. The first-order valence-corrected chi connectivity index (χ1v) is 3.27. The Bertz CT molecular complexity index is 70.9. The average molecular weight is 147 g/mol. The molecule has 0 aromatic rings. The molecule has 2 bridgehead atoms. The van der Waals surface area contributed by atoms with Crippen molar-refractivity contribution < 1.29 is 0 Å². The predicted octanol–water partition coefficient (Wildman–Crippen LogP) is 1.93. The second-order valence-electron chi connectivity index (χ2n) is 2.63. The van der Waals surface area contributed by atoms with Gasteiger partial charge in [0.1, 0.15) is 0 Å². The second-order valence-corrected chi connectivity index (χ2v) is 4.31. The molecule has 0 unspecified atom stereocenters. The fraction of sp³-hybridized carbons (Fsp3) is 1.00. The highest BCUT2D eigenvalue weighted by atomic mass is 79.9. The second kappa shape index (κ2) is 0.706. The maximum absolute atomic E-state index is 3.63. The third-order valence-electron chi connectivity index (χ3n) is 1.96. The van der Waals surface area contributed by atoms with Gasteiger partial charge in [0.15, 0.2) is 0 Å². The van der Waals surface area contributed by atoms with Crippen molar-refractivity contribution in [3.05, 3.63) is 0 Å². The molecule has 0 saturated heterocycles. The van der Waals surface area contributed by atoms with Crippen LogP contribution in [0.25, 0.3) is 0 Å². The van der Waals surface area contributed by atoms with Gasteiger partial charge in [-0.1, -0.05) is 15.9 Å². The Morgan fingerprint density at radius 3 is 1.67 bits per heavy atom. The van der Waals surface area contributed by atoms with Crippen molar-refractivity contribution in [2.24, 2.45) is 5.92 Å². The molecule has 34 valence electrons. The van der Waals surface area contributed by atoms with E-state index < -0.39 is 0 Å². The molecule has 0 aliphatic heterocycles. The summed E-state index contributed by atoms with van der Waals surface area (Å²) >= 11 is 3.63. The zero-order chi connectivity index (χ0) is 4.20. The molecule has 3 saturated carbocycles. The molecule has 0 N–H and O–H groups in total. The van der Waals surface area contributed by atoms with Gasteiger partial charge in [-0.2, -0.15) is 0 Å². The van der Waals surface area contributed by atoms with Gasteiger partial charge in [-0.25, -0.2) is 0 Å². The largest absolute Gasteiger partial charge is 0.0853 e. The molecule has 3 rings (SSSR count). The lowest BCUT2D eigenvalue weighted by Gasteiger charge is -2.58. The first kappa shape index (κ1) is 3.48. The van der Waals surface area contributed by atoms with Gasteiger partial charge in [-0.05, 0) is 25.2 Å². The van der Waals surface area contributed by atoms with Gasteiger partial charge < -0.3 is 0 Å². The predicted molar refractivity (Wildman–Crippen MR) is 29.0 cm³/mol. The van der Waals surface area contributed by atoms with Crippen molar-refractivity contribution in [3.8, 4) is 0 Å². The molecule has 0 aromatic heterocycles. The van der Waals surface area contributed by atoms with Gasteiger partial charge in [0.2, 0.25) is 0 Å². The van der Waals surface area contributed by atoms with Crippen LogP contribution in [-0.4, -0.2) is 4.32 Å². The van der Waals surface area contributed by atoms with E-state index in [1.54, 1.807) is 0 Å². The van der Waals surface area contributed by atoms with Crippen LogP contribution in [0.4, 0.5) is 0 Å². The summed E-state index contributed by atoms with van der Waals surface area (Å²) in [5.74, 6) is 1.13. The first-order valence-electron chi connectivity index (χ1n) is 2.47. The van der Waals surface area contributed by atoms with E-state index in [1.165, 1.54) is 19.3 Å². The van der Waals surface area contributed by atoms with E-state index in [2.05, 4.69) is 15.9 Å². The van der Waals surface area contributed by atoms with Crippen LogP contribution in [0.5, 0.6) is 0 Å². The molecule has 0 amide bonds. The number of alkyl halides is 1. The molecule has 3 fully saturated rings. The average Bonchev–Trinajstić information content (AvgIpc) is 1.24. The smallest absolute Gasteiger partial charge is 0.0266 e. The molecular formula is C5H7Br. The number of hydrogen-bond donors (Lipinski definition) is 0. The summed E-state index contributed by atoms with van der Waals surface area (Å²) in [5, 5.41) is 0. The van der Waals surface area contributed by atoms with Crippen molar-refractivity contribution in [2.45, 2.75) is 23.6 Å². The summed E-state index contributed by atoms with van der Waals surface area (Å²) in [6.07, 6.45) is 4.40. The van der Waals surface area contributed by atoms with Gasteiger partial charge in [0.05, 0.1) is 0 Å². The van der Waals surface area contributed by atoms with Crippen LogP contribution in [0.15, 0.2) is 0 Å². The standard InChI is InChI=1S/C5H7Br/c6-5-1-4(2-5)3-5/h4H,1-3H2.